The maximum atomic E-state index is 13.7. The predicted molar refractivity (Wildman–Crippen MR) is 129 cm³/mol. The Hall–Kier alpha value is -3.26. The van der Waals surface area contributed by atoms with Gasteiger partial charge in [-0.15, -0.1) is 0 Å². The molecule has 0 N–H and O–H groups in total. The number of fused-ring (bicyclic) bond motifs is 1. The number of carbonyl (C=O) groups is 2. The topological polar surface area (TPSA) is 68.3 Å². The average Bonchev–Trinajstić information content (AvgIpc) is 3.36. The zero-order valence-corrected chi connectivity index (χ0v) is 19.8. The molecule has 0 unspecified atom stereocenters. The number of methoxy groups -OCH3 is 2. The largest absolute Gasteiger partial charge is 0.497 e. The quantitative estimate of drug-likeness (QED) is 0.458. The van der Waals surface area contributed by atoms with E-state index in [9.17, 15) is 9.59 Å². The summed E-state index contributed by atoms with van der Waals surface area (Å²) in [5.74, 6) is -0.556. The number of rotatable bonds is 5. The third-order valence-electron chi connectivity index (χ3n) is 6.05. The number of carbonyl (C=O) groups excluding carboxylic acids is 2. The summed E-state index contributed by atoms with van der Waals surface area (Å²) < 4.78 is 11.0. The maximum absolute atomic E-state index is 13.7. The molecule has 2 saturated heterocycles. The fourth-order valence-electron chi connectivity index (χ4n) is 4.47. The molecule has 9 heteroatoms. The Labute approximate surface area is 206 Å². The number of benzene rings is 3. The van der Waals surface area contributed by atoms with Gasteiger partial charge in [0.2, 0.25) is 5.91 Å². The van der Waals surface area contributed by atoms with E-state index in [-0.39, 0.29) is 5.02 Å². The van der Waals surface area contributed by atoms with Crippen LogP contribution in [0.3, 0.4) is 0 Å². The van der Waals surface area contributed by atoms with Gasteiger partial charge in [-0.05, 0) is 42.5 Å². The number of para-hydroxylation sites is 1. The van der Waals surface area contributed by atoms with Crippen molar-refractivity contribution in [1.82, 2.24) is 0 Å². The van der Waals surface area contributed by atoms with Crippen LogP contribution in [0.25, 0.3) is 0 Å². The monoisotopic (exact) mass is 498 g/mol. The number of imide groups is 1. The molecule has 2 amide bonds. The Balaban J connectivity index is 1.62. The van der Waals surface area contributed by atoms with E-state index in [1.807, 2.05) is 36.4 Å². The highest BCUT2D eigenvalue weighted by atomic mass is 35.5. The van der Waals surface area contributed by atoms with E-state index in [1.165, 1.54) is 6.07 Å². The lowest BCUT2D eigenvalue weighted by Gasteiger charge is -2.29. The molecule has 3 aromatic carbocycles. The third kappa shape index (κ3) is 3.57. The highest BCUT2D eigenvalue weighted by Gasteiger charge is 2.60. The molecule has 0 aromatic heterocycles. The Kier molecular flexibility index (Phi) is 5.85. The molecular formula is C25H20Cl2N2O5. The molecule has 2 aliphatic heterocycles. The molecule has 3 aromatic rings. The van der Waals surface area contributed by atoms with Crippen molar-refractivity contribution in [2.45, 2.75) is 12.1 Å². The maximum Gasteiger partial charge on any atom is 0.266 e. The van der Waals surface area contributed by atoms with Crippen molar-refractivity contribution >= 4 is 46.4 Å². The first-order chi connectivity index (χ1) is 16.4. The van der Waals surface area contributed by atoms with Gasteiger partial charge in [-0.3, -0.25) is 14.4 Å². The first-order valence-electron chi connectivity index (χ1n) is 10.5. The summed E-state index contributed by atoms with van der Waals surface area (Å²) in [4.78, 5) is 34.4. The minimum Gasteiger partial charge on any atom is -0.497 e. The van der Waals surface area contributed by atoms with E-state index in [0.29, 0.717) is 33.5 Å². The summed E-state index contributed by atoms with van der Waals surface area (Å²) in [5, 5.41) is 2.19. The van der Waals surface area contributed by atoms with Crippen LogP contribution in [0.15, 0.2) is 66.7 Å². The molecule has 0 spiro atoms. The molecule has 5 rings (SSSR count). The molecule has 0 saturated carbocycles. The Morgan fingerprint density at radius 2 is 1.59 bits per heavy atom. The van der Waals surface area contributed by atoms with Crippen LogP contribution in [0, 0.1) is 5.92 Å². The molecule has 0 aliphatic carbocycles. The summed E-state index contributed by atoms with van der Waals surface area (Å²) in [7, 11) is 3.11. The normalized spacial score (nSPS) is 21.7. The molecule has 3 atom stereocenters. The van der Waals surface area contributed by atoms with Crippen LogP contribution in [0.1, 0.15) is 11.6 Å². The number of ether oxygens (including phenoxy) is 2. The van der Waals surface area contributed by atoms with Crippen molar-refractivity contribution in [2.75, 3.05) is 24.2 Å². The molecule has 7 nitrogen and oxygen atoms in total. The van der Waals surface area contributed by atoms with Gasteiger partial charge in [0.25, 0.3) is 5.91 Å². The molecule has 34 heavy (non-hydrogen) atoms. The van der Waals surface area contributed by atoms with Crippen molar-refractivity contribution in [2.24, 2.45) is 5.92 Å². The highest BCUT2D eigenvalue weighted by Crippen LogP contribution is 2.50. The predicted octanol–water partition coefficient (Wildman–Crippen LogP) is 5.06. The molecule has 0 radical (unpaired) electrons. The van der Waals surface area contributed by atoms with Crippen LogP contribution in [-0.4, -0.2) is 32.1 Å². The first kappa shape index (κ1) is 22.5. The van der Waals surface area contributed by atoms with Gasteiger partial charge in [-0.25, -0.2) is 9.96 Å². The second kappa shape index (κ2) is 8.83. The standard InChI is InChI=1S/C25H20Cl2N2O5/c1-32-16-9-10-17(20(13-16)33-2)22-21-23(34-29(22)14-6-4-3-5-7-14)25(31)28(24(21)30)15-8-11-18(26)19(27)12-15/h3-13,21-23H,1-2H3/t21-,22+,23+/m0/s1. The van der Waals surface area contributed by atoms with Crippen molar-refractivity contribution in [3.05, 3.63) is 82.3 Å². The summed E-state index contributed by atoms with van der Waals surface area (Å²) >= 11 is 12.2. The lowest BCUT2D eigenvalue weighted by molar-refractivity contribution is -0.126. The van der Waals surface area contributed by atoms with Gasteiger partial charge in [0.05, 0.1) is 41.7 Å². The van der Waals surface area contributed by atoms with E-state index in [1.54, 1.807) is 43.5 Å². The van der Waals surface area contributed by atoms with Gasteiger partial charge in [-0.2, -0.15) is 0 Å². The van der Waals surface area contributed by atoms with Crippen LogP contribution in [0.5, 0.6) is 11.5 Å². The second-order valence-corrected chi connectivity index (χ2v) is 8.69. The number of amides is 2. The summed E-state index contributed by atoms with van der Waals surface area (Å²) in [6.45, 7) is 0. The Morgan fingerprint density at radius 1 is 0.824 bits per heavy atom. The smallest absolute Gasteiger partial charge is 0.266 e. The van der Waals surface area contributed by atoms with Crippen LogP contribution < -0.4 is 19.4 Å². The Morgan fingerprint density at radius 3 is 2.26 bits per heavy atom. The second-order valence-electron chi connectivity index (χ2n) is 7.88. The molecule has 2 heterocycles. The molecule has 2 fully saturated rings. The number of hydrogen-bond acceptors (Lipinski definition) is 6. The average molecular weight is 499 g/mol. The number of halogens is 2. The van der Waals surface area contributed by atoms with Crippen molar-refractivity contribution in [1.29, 1.82) is 0 Å². The van der Waals surface area contributed by atoms with Crippen LogP contribution >= 0.6 is 23.2 Å². The van der Waals surface area contributed by atoms with Crippen LogP contribution in [-0.2, 0) is 14.4 Å². The van der Waals surface area contributed by atoms with Gasteiger partial charge in [-0.1, -0.05) is 41.4 Å². The van der Waals surface area contributed by atoms with E-state index in [4.69, 9.17) is 37.5 Å². The minimum absolute atomic E-state index is 0.247. The SMILES string of the molecule is COc1ccc([C@@H]2[C@@H]3C(=O)N(c4ccc(Cl)c(Cl)c4)C(=O)[C@@H]3ON2c2ccccc2)c(OC)c1. The zero-order valence-electron chi connectivity index (χ0n) is 18.3. The number of hydroxylamine groups is 1. The lowest BCUT2D eigenvalue weighted by Crippen LogP contribution is -2.37. The number of anilines is 2. The molecular weight excluding hydrogens is 479 g/mol. The summed E-state index contributed by atoms with van der Waals surface area (Å²) in [6.07, 6.45) is -1.01. The van der Waals surface area contributed by atoms with E-state index < -0.39 is 29.9 Å². The van der Waals surface area contributed by atoms with E-state index in [2.05, 4.69) is 0 Å². The lowest BCUT2D eigenvalue weighted by atomic mass is 9.90. The number of nitrogens with zero attached hydrogens (tertiary/aromatic N) is 2. The number of hydrogen-bond donors (Lipinski definition) is 0. The third-order valence-corrected chi connectivity index (χ3v) is 6.79. The van der Waals surface area contributed by atoms with Gasteiger partial charge in [0.15, 0.2) is 6.10 Å². The highest BCUT2D eigenvalue weighted by molar-refractivity contribution is 6.42. The van der Waals surface area contributed by atoms with Gasteiger partial charge in [0.1, 0.15) is 17.4 Å². The van der Waals surface area contributed by atoms with Crippen molar-refractivity contribution in [3.63, 3.8) is 0 Å². The van der Waals surface area contributed by atoms with Gasteiger partial charge >= 0.3 is 0 Å². The van der Waals surface area contributed by atoms with Crippen LogP contribution in [0.4, 0.5) is 11.4 Å². The fourth-order valence-corrected chi connectivity index (χ4v) is 4.76. The summed E-state index contributed by atoms with van der Waals surface area (Å²) in [6, 6.07) is 18.7. The fraction of sp³-hybridized carbons (Fsp3) is 0.200. The zero-order chi connectivity index (χ0) is 24.0. The van der Waals surface area contributed by atoms with Gasteiger partial charge < -0.3 is 9.47 Å². The molecule has 0 bridgehead atoms. The first-order valence-corrected chi connectivity index (χ1v) is 11.3. The summed E-state index contributed by atoms with van der Waals surface area (Å²) in [5.41, 5.74) is 1.74. The molecule has 174 valence electrons. The van der Waals surface area contributed by atoms with Crippen molar-refractivity contribution in [3.8, 4) is 11.5 Å². The Bertz CT molecular complexity index is 1270. The minimum atomic E-state index is -1.01. The molecule has 2 aliphatic rings. The van der Waals surface area contributed by atoms with E-state index >= 15 is 0 Å². The van der Waals surface area contributed by atoms with Gasteiger partial charge in [0, 0.05) is 11.6 Å². The van der Waals surface area contributed by atoms with E-state index in [0.717, 1.165) is 4.90 Å². The van der Waals surface area contributed by atoms with Crippen LogP contribution in [0.2, 0.25) is 10.0 Å². The van der Waals surface area contributed by atoms with Crippen molar-refractivity contribution < 1.29 is 23.9 Å².